The van der Waals surface area contributed by atoms with E-state index in [1.165, 1.54) is 11.8 Å². The lowest BCUT2D eigenvalue weighted by molar-refractivity contribution is -0.139. The summed E-state index contributed by atoms with van der Waals surface area (Å²) in [5.41, 5.74) is 5.25. The highest BCUT2D eigenvalue weighted by Gasteiger charge is 2.42. The zero-order valence-electron chi connectivity index (χ0n) is 18.4. The van der Waals surface area contributed by atoms with Gasteiger partial charge in [0, 0.05) is 49.5 Å². The molecule has 0 saturated carbocycles. The molecule has 3 aromatic rings. The Kier molecular flexibility index (Phi) is 4.45. The van der Waals surface area contributed by atoms with Gasteiger partial charge in [0.1, 0.15) is 0 Å². The molecule has 0 aliphatic carbocycles. The monoisotopic (exact) mass is 445 g/mol. The smallest absolute Gasteiger partial charge is 0.259 e. The number of nitrogens with one attached hydrogen (secondary N) is 1. The van der Waals surface area contributed by atoms with E-state index in [0.29, 0.717) is 30.2 Å². The minimum atomic E-state index is -0.367. The zero-order valence-corrected chi connectivity index (χ0v) is 18.4. The van der Waals surface area contributed by atoms with Crippen LogP contribution in [0.2, 0.25) is 0 Å². The Bertz CT molecular complexity index is 1360. The van der Waals surface area contributed by atoms with Gasteiger partial charge in [-0.2, -0.15) is 0 Å². The molecule has 1 aromatic heterocycles. The maximum absolute atomic E-state index is 13.5. The predicted octanol–water partition coefficient (Wildman–Crippen LogP) is 3.22. The quantitative estimate of drug-likeness (QED) is 0.664. The van der Waals surface area contributed by atoms with Crippen LogP contribution in [0.5, 0.6) is 11.5 Å². The van der Waals surface area contributed by atoms with Gasteiger partial charge in [-0.25, -0.2) is 0 Å². The van der Waals surface area contributed by atoms with E-state index in [1.54, 1.807) is 7.11 Å². The van der Waals surface area contributed by atoms with Crippen molar-refractivity contribution in [1.29, 1.82) is 0 Å². The summed E-state index contributed by atoms with van der Waals surface area (Å²) in [6.07, 6.45) is 2.10. The number of fused-ring (bicyclic) bond motifs is 1. The van der Waals surface area contributed by atoms with Gasteiger partial charge in [-0.1, -0.05) is 12.1 Å². The molecule has 8 heteroatoms. The van der Waals surface area contributed by atoms with E-state index in [9.17, 15) is 9.59 Å². The number of benzene rings is 2. The summed E-state index contributed by atoms with van der Waals surface area (Å²) in [5, 5.41) is 4.55. The molecule has 1 N–H and O–H groups in total. The molecule has 4 heterocycles. The van der Waals surface area contributed by atoms with Gasteiger partial charge in [0.15, 0.2) is 11.5 Å². The third-order valence-corrected chi connectivity index (χ3v) is 6.58. The van der Waals surface area contributed by atoms with Gasteiger partial charge in [-0.15, -0.1) is 0 Å². The number of anilines is 1. The van der Waals surface area contributed by atoms with Crippen LogP contribution in [-0.2, 0) is 20.9 Å². The first-order valence-corrected chi connectivity index (χ1v) is 10.9. The largest absolute Gasteiger partial charge is 0.454 e. The summed E-state index contributed by atoms with van der Waals surface area (Å²) in [7, 11) is 1.68. The maximum atomic E-state index is 13.5. The molecule has 0 radical (unpaired) electrons. The van der Waals surface area contributed by atoms with Crippen LogP contribution >= 0.6 is 0 Å². The van der Waals surface area contributed by atoms with E-state index >= 15 is 0 Å². The Morgan fingerprint density at radius 1 is 1.21 bits per heavy atom. The lowest BCUT2D eigenvalue weighted by Crippen LogP contribution is -2.33. The predicted molar refractivity (Wildman–Crippen MR) is 121 cm³/mol. The van der Waals surface area contributed by atoms with Gasteiger partial charge in [0.05, 0.1) is 24.2 Å². The molecule has 2 amide bonds. The van der Waals surface area contributed by atoms with Crippen molar-refractivity contribution in [2.75, 3.05) is 32.4 Å². The molecular formula is C25H23N3O5. The summed E-state index contributed by atoms with van der Waals surface area (Å²) in [4.78, 5) is 27.1. The lowest BCUT2D eigenvalue weighted by Gasteiger charge is -2.19. The van der Waals surface area contributed by atoms with Gasteiger partial charge in [-0.3, -0.25) is 14.5 Å². The second-order valence-corrected chi connectivity index (χ2v) is 8.44. The minimum absolute atomic E-state index is 0.177. The summed E-state index contributed by atoms with van der Waals surface area (Å²) >= 11 is 0. The van der Waals surface area contributed by atoms with Crippen molar-refractivity contribution in [3.05, 3.63) is 65.0 Å². The minimum Gasteiger partial charge on any atom is -0.454 e. The molecule has 33 heavy (non-hydrogen) atoms. The average molecular weight is 445 g/mol. The van der Waals surface area contributed by atoms with Crippen LogP contribution in [0.15, 0.2) is 53.9 Å². The molecule has 3 aliphatic rings. The molecule has 8 nitrogen and oxygen atoms in total. The number of rotatable bonds is 4. The SMILES string of the molecule is COCCn1cc2c3c(cccc31)NC1=C(C(=O)N(C(C)=O)C1)C2c1ccc2c(c1)OCO2. The van der Waals surface area contributed by atoms with Gasteiger partial charge < -0.3 is 24.1 Å². The van der Waals surface area contributed by atoms with Crippen molar-refractivity contribution in [1.82, 2.24) is 9.47 Å². The first-order chi connectivity index (χ1) is 16.1. The molecule has 1 unspecified atom stereocenters. The fourth-order valence-corrected chi connectivity index (χ4v) is 5.09. The third kappa shape index (κ3) is 2.94. The third-order valence-electron chi connectivity index (χ3n) is 6.58. The van der Waals surface area contributed by atoms with Crippen LogP contribution in [0.3, 0.4) is 0 Å². The number of hydrogen-bond donors (Lipinski definition) is 1. The Hall–Kier alpha value is -3.78. The summed E-state index contributed by atoms with van der Waals surface area (Å²) in [6, 6.07) is 11.9. The van der Waals surface area contributed by atoms with E-state index in [4.69, 9.17) is 14.2 Å². The summed E-state index contributed by atoms with van der Waals surface area (Å²) in [6.45, 7) is 3.09. The number of ether oxygens (including phenoxy) is 3. The summed E-state index contributed by atoms with van der Waals surface area (Å²) < 4.78 is 18.6. The molecule has 3 aliphatic heterocycles. The normalized spacial score (nSPS) is 18.5. The number of imide groups is 1. The van der Waals surface area contributed by atoms with Gasteiger partial charge in [-0.05, 0) is 35.4 Å². The first-order valence-electron chi connectivity index (χ1n) is 10.9. The average Bonchev–Trinajstić information content (AvgIpc) is 3.48. The fourth-order valence-electron chi connectivity index (χ4n) is 5.09. The summed E-state index contributed by atoms with van der Waals surface area (Å²) in [5.74, 6) is 0.442. The van der Waals surface area contributed by atoms with Gasteiger partial charge in [0.2, 0.25) is 12.7 Å². The van der Waals surface area contributed by atoms with Gasteiger partial charge in [0.25, 0.3) is 5.91 Å². The van der Waals surface area contributed by atoms with E-state index < -0.39 is 0 Å². The van der Waals surface area contributed by atoms with E-state index in [2.05, 4.69) is 22.1 Å². The highest BCUT2D eigenvalue weighted by molar-refractivity contribution is 6.11. The molecule has 2 aromatic carbocycles. The van der Waals surface area contributed by atoms with Crippen LogP contribution in [0.25, 0.3) is 10.9 Å². The molecule has 0 fully saturated rings. The molecule has 0 spiro atoms. The van der Waals surface area contributed by atoms with Crippen LogP contribution < -0.4 is 14.8 Å². The van der Waals surface area contributed by atoms with Crippen LogP contribution in [0, 0.1) is 0 Å². The van der Waals surface area contributed by atoms with E-state index in [1.807, 2.05) is 30.3 Å². The van der Waals surface area contributed by atoms with Crippen molar-refractivity contribution in [3.63, 3.8) is 0 Å². The van der Waals surface area contributed by atoms with Gasteiger partial charge >= 0.3 is 0 Å². The van der Waals surface area contributed by atoms with Crippen LogP contribution in [0.1, 0.15) is 24.0 Å². The standard InChI is InChI=1S/C25H23N3O5/c1-14(29)28-12-18-24(25(28)30)22(15-6-7-20-21(10-15)33-13-32-20)16-11-27(8-9-31-2)19-5-3-4-17(26-18)23(16)19/h3-7,10-11,22,26H,8-9,12-13H2,1-2H3. The Labute approximate surface area is 190 Å². The number of amides is 2. The van der Waals surface area contributed by atoms with Crippen molar-refractivity contribution in [3.8, 4) is 11.5 Å². The molecule has 1 atom stereocenters. The first kappa shape index (κ1) is 19.9. The topological polar surface area (TPSA) is 82.0 Å². The molecular weight excluding hydrogens is 422 g/mol. The second kappa shape index (κ2) is 7.38. The number of hydrogen-bond acceptors (Lipinski definition) is 6. The number of methoxy groups -OCH3 is 1. The van der Waals surface area contributed by atoms with Crippen molar-refractivity contribution in [2.45, 2.75) is 19.4 Å². The molecule has 168 valence electrons. The van der Waals surface area contributed by atoms with Crippen LogP contribution in [-0.4, -0.2) is 48.3 Å². The van der Waals surface area contributed by atoms with Crippen molar-refractivity contribution < 1.29 is 23.8 Å². The second-order valence-electron chi connectivity index (χ2n) is 8.44. The van der Waals surface area contributed by atoms with Crippen molar-refractivity contribution in [2.24, 2.45) is 0 Å². The Balaban J connectivity index is 1.60. The lowest BCUT2D eigenvalue weighted by atomic mass is 9.84. The van der Waals surface area contributed by atoms with E-state index in [-0.39, 0.29) is 31.1 Å². The Morgan fingerprint density at radius 2 is 2.06 bits per heavy atom. The molecule has 6 rings (SSSR count). The molecule has 0 saturated heterocycles. The number of carbonyl (C=O) groups is 2. The highest BCUT2D eigenvalue weighted by atomic mass is 16.7. The Morgan fingerprint density at radius 3 is 2.88 bits per heavy atom. The number of aromatic nitrogens is 1. The van der Waals surface area contributed by atoms with E-state index in [0.717, 1.165) is 33.4 Å². The number of nitrogens with zero attached hydrogens (tertiary/aromatic N) is 2. The highest BCUT2D eigenvalue weighted by Crippen LogP contribution is 2.48. The van der Waals surface area contributed by atoms with Crippen molar-refractivity contribution >= 4 is 28.4 Å². The fraction of sp³-hybridized carbons (Fsp3) is 0.280. The zero-order chi connectivity index (χ0) is 22.7. The maximum Gasteiger partial charge on any atom is 0.259 e. The number of carbonyl (C=O) groups excluding carboxylic acids is 2. The van der Waals surface area contributed by atoms with Crippen LogP contribution in [0.4, 0.5) is 5.69 Å². The molecule has 0 bridgehead atoms.